The number of amides is 1. The largest absolute Gasteiger partial charge is 0.450 e. The van der Waals surface area contributed by atoms with E-state index in [1.54, 1.807) is 31.3 Å². The molecule has 1 aliphatic heterocycles. The molecule has 0 spiro atoms. The lowest BCUT2D eigenvalue weighted by atomic mass is 9.94. The van der Waals surface area contributed by atoms with Gasteiger partial charge >= 0.3 is 6.09 Å². The third-order valence-corrected chi connectivity index (χ3v) is 5.04. The van der Waals surface area contributed by atoms with Crippen molar-refractivity contribution in [3.63, 3.8) is 0 Å². The monoisotopic (exact) mass is 385 g/mol. The van der Waals surface area contributed by atoms with Crippen LogP contribution in [0.1, 0.15) is 29.8 Å². The summed E-state index contributed by atoms with van der Waals surface area (Å²) < 4.78 is 5.29. The lowest BCUT2D eigenvalue weighted by Gasteiger charge is -2.35. The molecule has 2 N–H and O–H groups in total. The van der Waals surface area contributed by atoms with Gasteiger partial charge in [0.25, 0.3) is 0 Å². The molecule has 27 heavy (non-hydrogen) atoms. The van der Waals surface area contributed by atoms with E-state index in [0.717, 1.165) is 34.1 Å². The molecule has 0 radical (unpaired) electrons. The molecule has 0 bridgehead atoms. The van der Waals surface area contributed by atoms with E-state index in [4.69, 9.17) is 16.3 Å². The first kappa shape index (κ1) is 17.6. The Kier molecular flexibility index (Phi) is 4.61. The van der Waals surface area contributed by atoms with Gasteiger partial charge in [0.1, 0.15) is 6.04 Å². The van der Waals surface area contributed by atoms with E-state index in [0.29, 0.717) is 24.1 Å². The Hall–Kier alpha value is -2.80. The topological polar surface area (TPSA) is 83.1 Å². The summed E-state index contributed by atoms with van der Waals surface area (Å²) in [6, 6.07) is 5.44. The predicted molar refractivity (Wildman–Crippen MR) is 104 cm³/mol. The van der Waals surface area contributed by atoms with Crippen molar-refractivity contribution in [1.29, 1.82) is 0 Å². The number of carbonyl (C=O) groups is 1. The molecule has 0 aliphatic carbocycles. The van der Waals surface area contributed by atoms with E-state index < -0.39 is 0 Å². The van der Waals surface area contributed by atoms with Crippen LogP contribution < -0.4 is 5.32 Å². The van der Waals surface area contributed by atoms with Gasteiger partial charge in [-0.1, -0.05) is 11.6 Å². The molecule has 7 nitrogen and oxygen atoms in total. The normalized spacial score (nSPS) is 16.3. The minimum Gasteiger partial charge on any atom is -0.450 e. The fourth-order valence-electron chi connectivity index (χ4n) is 3.62. The number of anilines is 1. The van der Waals surface area contributed by atoms with Crippen molar-refractivity contribution in [3.8, 4) is 0 Å². The predicted octanol–water partition coefficient (Wildman–Crippen LogP) is 3.76. The Labute approximate surface area is 161 Å². The zero-order chi connectivity index (χ0) is 19.0. The number of aromatic amines is 1. The number of rotatable bonds is 3. The fourth-order valence-corrected chi connectivity index (χ4v) is 3.79. The van der Waals surface area contributed by atoms with Gasteiger partial charge in [-0.25, -0.2) is 14.8 Å². The minimum absolute atomic E-state index is 0.326. The van der Waals surface area contributed by atoms with Crippen molar-refractivity contribution in [2.45, 2.75) is 19.4 Å². The minimum atomic E-state index is -0.345. The van der Waals surface area contributed by atoms with Gasteiger partial charge in [-0.2, -0.15) is 0 Å². The number of carbonyl (C=O) groups excluding carboxylic acids is 1. The van der Waals surface area contributed by atoms with Crippen LogP contribution >= 0.6 is 11.6 Å². The number of hydrogen-bond donors (Lipinski definition) is 2. The SMILES string of the molecule is CCOC(=O)N1CCc2c([nH]c3ccc(Cl)cc23)C1c1cnc(NC)nc1. The van der Waals surface area contributed by atoms with Gasteiger partial charge in [-0.15, -0.1) is 0 Å². The average Bonchev–Trinajstić information content (AvgIpc) is 3.05. The maximum atomic E-state index is 12.6. The average molecular weight is 386 g/mol. The molecule has 0 saturated carbocycles. The number of ether oxygens (including phenoxy) is 1. The van der Waals surface area contributed by atoms with Crippen LogP contribution in [0.3, 0.4) is 0 Å². The van der Waals surface area contributed by atoms with Crippen molar-refractivity contribution in [2.24, 2.45) is 0 Å². The van der Waals surface area contributed by atoms with Crippen LogP contribution in [0.4, 0.5) is 10.7 Å². The summed E-state index contributed by atoms with van der Waals surface area (Å²) in [5.74, 6) is 0.529. The summed E-state index contributed by atoms with van der Waals surface area (Å²) in [5.41, 5.74) is 3.93. The van der Waals surface area contributed by atoms with Gasteiger partial charge in [0.15, 0.2) is 0 Å². The van der Waals surface area contributed by atoms with Gasteiger partial charge in [0.2, 0.25) is 5.95 Å². The molecular weight excluding hydrogens is 366 g/mol. The van der Waals surface area contributed by atoms with Crippen LogP contribution in [0.25, 0.3) is 10.9 Å². The maximum Gasteiger partial charge on any atom is 0.410 e. The van der Waals surface area contributed by atoms with Gasteiger partial charge < -0.3 is 15.0 Å². The standard InChI is InChI=1S/C19H20ClN5O2/c1-3-27-19(26)25-7-6-13-14-8-12(20)4-5-15(14)24-16(13)17(25)11-9-22-18(21-2)23-10-11/h4-5,8-10,17,24H,3,6-7H2,1-2H3,(H,21,22,23). The molecule has 3 aromatic rings. The molecule has 0 fully saturated rings. The van der Waals surface area contributed by atoms with Gasteiger partial charge in [0, 0.05) is 53.2 Å². The number of benzene rings is 1. The smallest absolute Gasteiger partial charge is 0.410 e. The second kappa shape index (κ2) is 7.08. The van der Waals surface area contributed by atoms with Crippen LogP contribution in [0.5, 0.6) is 0 Å². The summed E-state index contributed by atoms with van der Waals surface area (Å²) in [6.07, 6.45) is 3.86. The molecule has 140 valence electrons. The van der Waals surface area contributed by atoms with Crippen LogP contribution in [0.2, 0.25) is 5.02 Å². The van der Waals surface area contributed by atoms with Gasteiger partial charge in [0.05, 0.1) is 6.61 Å². The number of H-pyrrole nitrogens is 1. The molecule has 1 amide bonds. The van der Waals surface area contributed by atoms with Crippen LogP contribution in [-0.2, 0) is 11.2 Å². The van der Waals surface area contributed by atoms with E-state index >= 15 is 0 Å². The van der Waals surface area contributed by atoms with Crippen LogP contribution in [0, 0.1) is 0 Å². The van der Waals surface area contributed by atoms with Gasteiger partial charge in [-0.3, -0.25) is 4.90 Å². The number of hydrogen-bond acceptors (Lipinski definition) is 5. The highest BCUT2D eigenvalue weighted by atomic mass is 35.5. The van der Waals surface area contributed by atoms with Gasteiger partial charge in [-0.05, 0) is 37.1 Å². The van der Waals surface area contributed by atoms with Crippen molar-refractivity contribution in [3.05, 3.63) is 52.4 Å². The Morgan fingerprint density at radius 3 is 2.89 bits per heavy atom. The van der Waals surface area contributed by atoms with Crippen molar-refractivity contribution in [1.82, 2.24) is 19.9 Å². The highest BCUT2D eigenvalue weighted by molar-refractivity contribution is 6.31. The van der Waals surface area contributed by atoms with E-state index in [-0.39, 0.29) is 12.1 Å². The Balaban J connectivity index is 1.86. The van der Waals surface area contributed by atoms with Crippen molar-refractivity contribution < 1.29 is 9.53 Å². The molecule has 3 heterocycles. The third kappa shape index (κ3) is 3.08. The molecule has 8 heteroatoms. The van der Waals surface area contributed by atoms with Crippen molar-refractivity contribution >= 4 is 34.5 Å². The lowest BCUT2D eigenvalue weighted by molar-refractivity contribution is 0.0931. The van der Waals surface area contributed by atoms with E-state index in [1.807, 2.05) is 18.2 Å². The molecule has 0 saturated heterocycles. The van der Waals surface area contributed by atoms with E-state index in [2.05, 4.69) is 20.3 Å². The maximum absolute atomic E-state index is 12.6. The first-order valence-corrected chi connectivity index (χ1v) is 9.23. The summed E-state index contributed by atoms with van der Waals surface area (Å²) in [7, 11) is 1.76. The molecule has 1 aromatic carbocycles. The number of nitrogens with one attached hydrogen (secondary N) is 2. The molecule has 1 unspecified atom stereocenters. The second-order valence-corrected chi connectivity index (χ2v) is 6.78. The first-order valence-electron chi connectivity index (χ1n) is 8.85. The van der Waals surface area contributed by atoms with Crippen LogP contribution in [0.15, 0.2) is 30.6 Å². The first-order chi connectivity index (χ1) is 13.1. The molecule has 1 atom stereocenters. The zero-order valence-electron chi connectivity index (χ0n) is 15.1. The summed E-state index contributed by atoms with van der Waals surface area (Å²) in [6.45, 7) is 2.67. The molecule has 2 aromatic heterocycles. The highest BCUT2D eigenvalue weighted by Gasteiger charge is 2.35. The summed E-state index contributed by atoms with van der Waals surface area (Å²) in [4.78, 5) is 26.4. The number of fused-ring (bicyclic) bond motifs is 3. The number of nitrogens with zero attached hydrogens (tertiary/aromatic N) is 3. The summed E-state index contributed by atoms with van der Waals surface area (Å²) >= 11 is 6.20. The molecular formula is C19H20ClN5O2. The van der Waals surface area contributed by atoms with E-state index in [1.165, 1.54) is 0 Å². The molecule has 1 aliphatic rings. The summed E-state index contributed by atoms with van der Waals surface area (Å²) in [5, 5.41) is 4.68. The quantitative estimate of drug-likeness (QED) is 0.717. The number of aromatic nitrogens is 3. The molecule has 4 rings (SSSR count). The van der Waals surface area contributed by atoms with Crippen molar-refractivity contribution in [2.75, 3.05) is 25.5 Å². The second-order valence-electron chi connectivity index (χ2n) is 6.34. The third-order valence-electron chi connectivity index (χ3n) is 4.80. The van der Waals surface area contributed by atoms with E-state index in [9.17, 15) is 4.79 Å². The Morgan fingerprint density at radius 1 is 1.41 bits per heavy atom. The zero-order valence-corrected chi connectivity index (χ0v) is 15.9. The van der Waals surface area contributed by atoms with Crippen LogP contribution in [-0.4, -0.2) is 46.1 Å². The lowest BCUT2D eigenvalue weighted by Crippen LogP contribution is -2.41. The number of halogens is 1. The Bertz CT molecular complexity index is 986. The fraction of sp³-hybridized carbons (Fsp3) is 0.316. The Morgan fingerprint density at radius 2 is 2.19 bits per heavy atom. The highest BCUT2D eigenvalue weighted by Crippen LogP contribution is 2.39.